The SMILES string of the molecule is COc1c(C)cc(C23CCC(CN(C(=O)C4CCC(OC(=O)N5CC(O)C5)CC4)c4cc(-c5cnn(C(C)C)c5)ccn4)(CC2)CC3)cc1F. The van der Waals surface area contributed by atoms with Crippen molar-refractivity contribution in [3.8, 4) is 16.9 Å². The third-order valence-electron chi connectivity index (χ3n) is 12.1. The van der Waals surface area contributed by atoms with Crippen molar-refractivity contribution < 1.29 is 28.6 Å². The lowest BCUT2D eigenvalue weighted by Gasteiger charge is -2.55. The highest BCUT2D eigenvalue weighted by Crippen LogP contribution is 2.58. The maximum Gasteiger partial charge on any atom is 0.410 e. The summed E-state index contributed by atoms with van der Waals surface area (Å²) in [7, 11) is 1.51. The molecule has 1 N–H and O–H groups in total. The number of likely N-dealkylation sites (tertiary alicyclic amines) is 1. The van der Waals surface area contributed by atoms with Crippen molar-refractivity contribution in [3.05, 3.63) is 59.8 Å². The van der Waals surface area contributed by atoms with E-state index in [0.29, 0.717) is 56.9 Å². The number of carbonyl (C=O) groups is 2. The van der Waals surface area contributed by atoms with Gasteiger partial charge in [-0.1, -0.05) is 6.07 Å². The first-order chi connectivity index (χ1) is 24.0. The number of ether oxygens (including phenoxy) is 2. The van der Waals surface area contributed by atoms with Gasteiger partial charge < -0.3 is 19.5 Å². The van der Waals surface area contributed by atoms with Crippen molar-refractivity contribution in [1.82, 2.24) is 19.7 Å². The lowest BCUT2D eigenvalue weighted by atomic mass is 9.51. The number of pyridine rings is 1. The fourth-order valence-electron chi connectivity index (χ4n) is 8.82. The molecule has 2 aromatic heterocycles. The van der Waals surface area contributed by atoms with E-state index in [9.17, 15) is 14.7 Å². The highest BCUT2D eigenvalue weighted by molar-refractivity contribution is 5.95. The third kappa shape index (κ3) is 6.61. The van der Waals surface area contributed by atoms with E-state index in [1.807, 2.05) is 41.0 Å². The van der Waals surface area contributed by atoms with E-state index in [0.717, 1.165) is 60.8 Å². The Morgan fingerprint density at radius 2 is 1.74 bits per heavy atom. The number of rotatable bonds is 9. The molecule has 1 saturated heterocycles. The molecule has 50 heavy (non-hydrogen) atoms. The highest BCUT2D eigenvalue weighted by Gasteiger charge is 2.51. The van der Waals surface area contributed by atoms with Crippen LogP contribution in [0, 0.1) is 24.1 Å². The van der Waals surface area contributed by atoms with Crippen molar-refractivity contribution in [2.45, 2.75) is 109 Å². The van der Waals surface area contributed by atoms with Crippen LogP contribution in [0.1, 0.15) is 95.2 Å². The van der Waals surface area contributed by atoms with E-state index in [2.05, 4.69) is 25.0 Å². The van der Waals surface area contributed by atoms with Gasteiger partial charge in [-0.15, -0.1) is 0 Å². The number of nitrogens with zero attached hydrogens (tertiary/aromatic N) is 5. The Morgan fingerprint density at radius 3 is 2.34 bits per heavy atom. The molecule has 0 spiro atoms. The molecule has 0 radical (unpaired) electrons. The lowest BCUT2D eigenvalue weighted by molar-refractivity contribution is -0.124. The second kappa shape index (κ2) is 13.6. The number of hydrogen-bond donors (Lipinski definition) is 1. The molecule has 8 rings (SSSR count). The zero-order chi connectivity index (χ0) is 35.2. The first-order valence-corrected chi connectivity index (χ1v) is 18.3. The van der Waals surface area contributed by atoms with Gasteiger partial charge in [-0.05, 0) is 131 Å². The average molecular weight is 688 g/mol. The number of β-amino-alcohol motifs (C(OH)–C–C–N with tert-alkyl or cyclic N) is 1. The van der Waals surface area contributed by atoms with E-state index < -0.39 is 6.10 Å². The Bertz CT molecular complexity index is 1680. The average Bonchev–Trinajstić information content (AvgIpc) is 3.61. The number of fused-ring (bicyclic) bond motifs is 3. The van der Waals surface area contributed by atoms with Gasteiger partial charge >= 0.3 is 6.09 Å². The quantitative estimate of drug-likeness (QED) is 0.259. The number of hydrogen-bond acceptors (Lipinski definition) is 7. The van der Waals surface area contributed by atoms with Crippen LogP contribution >= 0.6 is 0 Å². The first-order valence-electron chi connectivity index (χ1n) is 18.3. The molecular formula is C39H50FN5O5. The molecule has 3 heterocycles. The summed E-state index contributed by atoms with van der Waals surface area (Å²) in [6.07, 6.45) is 12.8. The molecule has 3 aromatic rings. The first kappa shape index (κ1) is 34.5. The molecule has 5 fully saturated rings. The zero-order valence-corrected chi connectivity index (χ0v) is 29.7. The Hall–Kier alpha value is -3.99. The molecule has 11 heteroatoms. The number of halogens is 1. The molecule has 2 amide bonds. The normalized spacial score (nSPS) is 26.5. The van der Waals surface area contributed by atoms with Crippen LogP contribution < -0.4 is 9.64 Å². The standard InChI is InChI=1S/C39H50FN5O5/c1-25(2)45-21-29(20-42-45)28-9-16-41-34(18-28)44(36(47)27-5-7-32(8-6-27)50-37(48)43-22-31(46)23-43)24-38-10-13-39(14-11-38,15-12-38)30-17-26(3)35(49-4)33(40)19-30/h9,16-21,25,27,31-32,46H,5-8,10-15,22-24H2,1-4H3. The summed E-state index contributed by atoms with van der Waals surface area (Å²) in [4.78, 5) is 35.3. The summed E-state index contributed by atoms with van der Waals surface area (Å²) in [5.41, 5.74) is 3.72. The Kier molecular flexibility index (Phi) is 9.39. The monoisotopic (exact) mass is 687 g/mol. The van der Waals surface area contributed by atoms with E-state index in [4.69, 9.17) is 14.5 Å². The van der Waals surface area contributed by atoms with E-state index in [1.165, 1.54) is 12.0 Å². The number of amides is 2. The van der Waals surface area contributed by atoms with Crippen LogP contribution in [-0.2, 0) is 14.9 Å². The molecule has 2 bridgehead atoms. The van der Waals surface area contributed by atoms with Crippen LogP contribution in [-0.4, -0.2) is 75.7 Å². The molecule has 10 nitrogen and oxygen atoms in total. The number of carbonyl (C=O) groups excluding carboxylic acids is 2. The van der Waals surface area contributed by atoms with Crippen LogP contribution in [0.2, 0.25) is 0 Å². The minimum absolute atomic E-state index is 0.0494. The van der Waals surface area contributed by atoms with E-state index in [1.54, 1.807) is 12.3 Å². The van der Waals surface area contributed by atoms with Crippen molar-refractivity contribution in [2.75, 3.05) is 31.6 Å². The molecule has 1 aliphatic heterocycles. The number of benzene rings is 1. The van der Waals surface area contributed by atoms with Gasteiger partial charge in [0, 0.05) is 36.5 Å². The van der Waals surface area contributed by atoms with Gasteiger partial charge in [0.25, 0.3) is 0 Å². The van der Waals surface area contributed by atoms with Gasteiger partial charge in [-0.3, -0.25) is 14.4 Å². The molecule has 4 saturated carbocycles. The maximum atomic E-state index is 15.0. The van der Waals surface area contributed by atoms with E-state index >= 15 is 4.39 Å². The van der Waals surface area contributed by atoms with E-state index in [-0.39, 0.29) is 46.7 Å². The molecule has 1 aromatic carbocycles. The Balaban J connectivity index is 1.10. The molecule has 268 valence electrons. The highest BCUT2D eigenvalue weighted by atomic mass is 19.1. The second-order valence-electron chi connectivity index (χ2n) is 15.6. The largest absolute Gasteiger partial charge is 0.493 e. The fraction of sp³-hybridized carbons (Fsp3) is 0.590. The van der Waals surface area contributed by atoms with Crippen LogP contribution in [0.5, 0.6) is 5.75 Å². The number of aryl methyl sites for hydroxylation is 1. The summed E-state index contributed by atoms with van der Waals surface area (Å²) in [6.45, 7) is 7.30. The van der Waals surface area contributed by atoms with Crippen molar-refractivity contribution in [2.24, 2.45) is 11.3 Å². The van der Waals surface area contributed by atoms with Crippen LogP contribution in [0.15, 0.2) is 42.9 Å². The third-order valence-corrected chi connectivity index (χ3v) is 12.1. The summed E-state index contributed by atoms with van der Waals surface area (Å²) in [6, 6.07) is 8.00. The summed E-state index contributed by atoms with van der Waals surface area (Å²) in [5.74, 6) is 0.546. The number of aliphatic hydroxyl groups is 1. The smallest absolute Gasteiger partial charge is 0.410 e. The zero-order valence-electron chi connectivity index (χ0n) is 29.7. The predicted octanol–water partition coefficient (Wildman–Crippen LogP) is 6.98. The summed E-state index contributed by atoms with van der Waals surface area (Å²) in [5, 5.41) is 14.1. The molecule has 4 aliphatic carbocycles. The molecule has 0 atom stereocenters. The number of aromatic nitrogens is 3. The fourth-order valence-corrected chi connectivity index (χ4v) is 8.82. The summed E-state index contributed by atoms with van der Waals surface area (Å²) >= 11 is 0. The molecular weight excluding hydrogens is 637 g/mol. The van der Waals surface area contributed by atoms with Crippen LogP contribution in [0.25, 0.3) is 11.1 Å². The number of methoxy groups -OCH3 is 1. The van der Waals surface area contributed by atoms with Gasteiger partial charge in [-0.25, -0.2) is 14.2 Å². The Labute approximate surface area is 294 Å². The van der Waals surface area contributed by atoms with Crippen molar-refractivity contribution in [3.63, 3.8) is 0 Å². The lowest BCUT2D eigenvalue weighted by Crippen LogP contribution is -2.54. The summed E-state index contributed by atoms with van der Waals surface area (Å²) < 4.78 is 28.0. The number of aliphatic hydroxyl groups excluding tert-OH is 1. The van der Waals surface area contributed by atoms with Crippen molar-refractivity contribution >= 4 is 17.8 Å². The van der Waals surface area contributed by atoms with Gasteiger partial charge in [0.2, 0.25) is 5.91 Å². The van der Waals surface area contributed by atoms with Gasteiger partial charge in [0.15, 0.2) is 11.6 Å². The minimum Gasteiger partial charge on any atom is -0.493 e. The molecule has 0 unspecified atom stereocenters. The number of anilines is 1. The molecule has 5 aliphatic rings. The van der Waals surface area contributed by atoms with Gasteiger partial charge in [0.1, 0.15) is 11.9 Å². The second-order valence-corrected chi connectivity index (χ2v) is 15.6. The van der Waals surface area contributed by atoms with Gasteiger partial charge in [0.05, 0.1) is 32.5 Å². The predicted molar refractivity (Wildman–Crippen MR) is 188 cm³/mol. The van der Waals surface area contributed by atoms with Crippen LogP contribution in [0.3, 0.4) is 0 Å². The maximum absolute atomic E-state index is 15.0. The van der Waals surface area contributed by atoms with Crippen molar-refractivity contribution in [1.29, 1.82) is 0 Å². The van der Waals surface area contributed by atoms with Crippen LogP contribution in [0.4, 0.5) is 15.0 Å². The minimum atomic E-state index is -0.473. The Morgan fingerprint density at radius 1 is 1.04 bits per heavy atom. The van der Waals surface area contributed by atoms with Gasteiger partial charge in [-0.2, -0.15) is 5.10 Å². The topological polar surface area (TPSA) is 110 Å².